The average molecular weight is 299 g/mol. The first-order chi connectivity index (χ1) is 8.49. The third-order valence-electron chi connectivity index (χ3n) is 2.93. The molecule has 2 aromatic rings. The van der Waals surface area contributed by atoms with E-state index in [0.717, 1.165) is 0 Å². The lowest BCUT2D eigenvalue weighted by Gasteiger charge is -2.07. The maximum atomic E-state index is 12.3. The van der Waals surface area contributed by atoms with Crippen LogP contribution in [0.4, 0.5) is 5.69 Å². The Labute approximate surface area is 118 Å². The van der Waals surface area contributed by atoms with E-state index >= 15 is 0 Å². The lowest BCUT2D eigenvalue weighted by Crippen LogP contribution is -1.96. The summed E-state index contributed by atoms with van der Waals surface area (Å²) in [5, 5.41) is 1.26. The largest absolute Gasteiger partial charge is 0.398 e. The predicted molar refractivity (Wildman–Crippen MR) is 74.8 cm³/mol. The number of hydrogen-bond acceptors (Lipinski definition) is 2. The lowest BCUT2D eigenvalue weighted by atomic mass is 10.0. The van der Waals surface area contributed by atoms with Crippen molar-refractivity contribution in [1.29, 1.82) is 0 Å². The quantitative estimate of drug-likeness (QED) is 0.623. The minimum atomic E-state index is -0.154. The highest BCUT2D eigenvalue weighted by Crippen LogP contribution is 2.46. The normalized spacial score (nSPS) is 12.5. The second kappa shape index (κ2) is 3.89. The number of anilines is 1. The highest BCUT2D eigenvalue weighted by molar-refractivity contribution is 6.40. The molecule has 0 radical (unpaired) electrons. The Morgan fingerprint density at radius 2 is 1.39 bits per heavy atom. The minimum Gasteiger partial charge on any atom is -0.398 e. The van der Waals surface area contributed by atoms with Gasteiger partial charge in [-0.05, 0) is 24.3 Å². The number of ketones is 1. The molecular formula is C13H6Cl3NO. The fourth-order valence-electron chi connectivity index (χ4n) is 2.24. The first kappa shape index (κ1) is 11.8. The van der Waals surface area contributed by atoms with Crippen LogP contribution in [0.15, 0.2) is 24.3 Å². The summed E-state index contributed by atoms with van der Waals surface area (Å²) in [6.45, 7) is 0. The molecule has 0 amide bonds. The molecule has 0 saturated carbocycles. The number of nitrogens with two attached hydrogens (primary N) is 1. The molecule has 0 atom stereocenters. The number of rotatable bonds is 0. The average Bonchev–Trinajstić information content (AvgIpc) is 2.54. The SMILES string of the molecule is Nc1cc(Cl)cc2c1-c1c(Cl)cc(Cl)cc1C2=O. The third-order valence-corrected chi connectivity index (χ3v) is 3.66. The zero-order valence-electron chi connectivity index (χ0n) is 8.93. The van der Waals surface area contributed by atoms with Crippen molar-refractivity contribution < 1.29 is 4.79 Å². The van der Waals surface area contributed by atoms with Crippen LogP contribution in [0.2, 0.25) is 15.1 Å². The van der Waals surface area contributed by atoms with Crippen LogP contribution in [0.1, 0.15) is 15.9 Å². The summed E-state index contributed by atoms with van der Waals surface area (Å²) in [4.78, 5) is 12.3. The van der Waals surface area contributed by atoms with Crippen molar-refractivity contribution in [2.75, 3.05) is 5.73 Å². The van der Waals surface area contributed by atoms with Gasteiger partial charge < -0.3 is 5.73 Å². The van der Waals surface area contributed by atoms with Crippen molar-refractivity contribution in [3.8, 4) is 11.1 Å². The van der Waals surface area contributed by atoms with Gasteiger partial charge in [-0.25, -0.2) is 0 Å². The third kappa shape index (κ3) is 1.53. The van der Waals surface area contributed by atoms with Gasteiger partial charge in [0.15, 0.2) is 5.78 Å². The minimum absolute atomic E-state index is 0.154. The van der Waals surface area contributed by atoms with Gasteiger partial charge in [0.05, 0.1) is 5.02 Å². The monoisotopic (exact) mass is 297 g/mol. The molecule has 0 heterocycles. The molecule has 2 nitrogen and oxygen atoms in total. The molecule has 90 valence electrons. The van der Waals surface area contributed by atoms with Gasteiger partial charge in [0.2, 0.25) is 0 Å². The van der Waals surface area contributed by atoms with Crippen molar-refractivity contribution in [3.63, 3.8) is 0 Å². The number of benzene rings is 2. The van der Waals surface area contributed by atoms with Crippen LogP contribution < -0.4 is 5.73 Å². The topological polar surface area (TPSA) is 43.1 Å². The van der Waals surface area contributed by atoms with Gasteiger partial charge in [-0.1, -0.05) is 34.8 Å². The summed E-state index contributed by atoms with van der Waals surface area (Å²) < 4.78 is 0. The smallest absolute Gasteiger partial charge is 0.194 e. The number of nitrogen functional groups attached to an aromatic ring is 1. The Morgan fingerprint density at radius 3 is 2.06 bits per heavy atom. The Morgan fingerprint density at radius 1 is 0.833 bits per heavy atom. The van der Waals surface area contributed by atoms with Crippen LogP contribution in [0.25, 0.3) is 11.1 Å². The van der Waals surface area contributed by atoms with E-state index in [9.17, 15) is 4.79 Å². The number of carbonyl (C=O) groups excluding carboxylic acids is 1. The number of fused-ring (bicyclic) bond motifs is 3. The number of carbonyl (C=O) groups is 1. The second-order valence-corrected chi connectivity index (χ2v) is 5.34. The highest BCUT2D eigenvalue weighted by atomic mass is 35.5. The van der Waals surface area contributed by atoms with Gasteiger partial charge >= 0.3 is 0 Å². The molecule has 0 unspecified atom stereocenters. The molecule has 0 spiro atoms. The molecule has 18 heavy (non-hydrogen) atoms. The van der Waals surface area contributed by atoms with Crippen LogP contribution in [-0.2, 0) is 0 Å². The van der Waals surface area contributed by atoms with Gasteiger partial charge in [0.1, 0.15) is 0 Å². The molecule has 5 heteroatoms. The van der Waals surface area contributed by atoms with E-state index in [4.69, 9.17) is 40.5 Å². The number of halogens is 3. The standard InChI is InChI=1S/C13H6Cl3NO/c14-5-1-7-11(9(16)3-5)12-8(13(7)18)2-6(15)4-10(12)17/h1-4H,17H2. The number of hydrogen-bond donors (Lipinski definition) is 1. The van der Waals surface area contributed by atoms with Crippen LogP contribution >= 0.6 is 34.8 Å². The van der Waals surface area contributed by atoms with E-state index in [-0.39, 0.29) is 5.78 Å². The first-order valence-electron chi connectivity index (χ1n) is 5.12. The molecular weight excluding hydrogens is 293 g/mol. The summed E-state index contributed by atoms with van der Waals surface area (Å²) >= 11 is 18.0. The van der Waals surface area contributed by atoms with Crippen LogP contribution in [0, 0.1) is 0 Å². The van der Waals surface area contributed by atoms with E-state index in [1.165, 1.54) is 0 Å². The van der Waals surface area contributed by atoms with Crippen molar-refractivity contribution in [2.24, 2.45) is 0 Å². The molecule has 1 aliphatic carbocycles. The molecule has 0 fully saturated rings. The fourth-order valence-corrected chi connectivity index (χ4v) is 3.05. The Kier molecular flexibility index (Phi) is 2.56. The molecule has 0 aliphatic heterocycles. The molecule has 0 aromatic heterocycles. The van der Waals surface area contributed by atoms with Crippen molar-refractivity contribution in [1.82, 2.24) is 0 Å². The molecule has 3 rings (SSSR count). The van der Waals surface area contributed by atoms with E-state index in [1.54, 1.807) is 24.3 Å². The van der Waals surface area contributed by atoms with E-state index in [2.05, 4.69) is 0 Å². The maximum Gasteiger partial charge on any atom is 0.194 e. The van der Waals surface area contributed by atoms with Gasteiger partial charge in [0, 0.05) is 38.0 Å². The Balaban J connectivity index is 2.44. The summed E-state index contributed by atoms with van der Waals surface area (Å²) in [7, 11) is 0. The molecule has 2 aromatic carbocycles. The zero-order chi connectivity index (χ0) is 13.0. The van der Waals surface area contributed by atoms with Gasteiger partial charge in [0.25, 0.3) is 0 Å². The second-order valence-electron chi connectivity index (χ2n) is 4.06. The van der Waals surface area contributed by atoms with Crippen molar-refractivity contribution >= 4 is 46.3 Å². The van der Waals surface area contributed by atoms with E-state index < -0.39 is 0 Å². The van der Waals surface area contributed by atoms with Crippen molar-refractivity contribution in [3.05, 3.63) is 50.5 Å². The Hall–Kier alpha value is -1.22. The Bertz CT molecular complexity index is 650. The summed E-state index contributed by atoms with van der Waals surface area (Å²) in [5.74, 6) is -0.154. The zero-order valence-corrected chi connectivity index (χ0v) is 11.2. The summed E-state index contributed by atoms with van der Waals surface area (Å²) in [5.41, 5.74) is 8.58. The summed E-state index contributed by atoms with van der Waals surface area (Å²) in [6.07, 6.45) is 0. The van der Waals surface area contributed by atoms with Gasteiger partial charge in [-0.2, -0.15) is 0 Å². The van der Waals surface area contributed by atoms with Gasteiger partial charge in [-0.15, -0.1) is 0 Å². The molecule has 1 aliphatic rings. The summed E-state index contributed by atoms with van der Waals surface area (Å²) in [6, 6.07) is 6.39. The van der Waals surface area contributed by atoms with E-state index in [0.29, 0.717) is 43.0 Å². The fraction of sp³-hybridized carbons (Fsp3) is 0. The highest BCUT2D eigenvalue weighted by Gasteiger charge is 2.31. The van der Waals surface area contributed by atoms with Crippen molar-refractivity contribution in [2.45, 2.75) is 0 Å². The lowest BCUT2D eigenvalue weighted by molar-refractivity contribution is 0.104. The first-order valence-corrected chi connectivity index (χ1v) is 6.25. The predicted octanol–water partition coefficient (Wildman–Crippen LogP) is 4.44. The van der Waals surface area contributed by atoms with Crippen LogP contribution in [-0.4, -0.2) is 5.78 Å². The van der Waals surface area contributed by atoms with Gasteiger partial charge in [-0.3, -0.25) is 4.79 Å². The maximum absolute atomic E-state index is 12.3. The van der Waals surface area contributed by atoms with Crippen LogP contribution in [0.5, 0.6) is 0 Å². The molecule has 2 N–H and O–H groups in total. The van der Waals surface area contributed by atoms with E-state index in [1.807, 2.05) is 0 Å². The molecule has 0 saturated heterocycles. The molecule has 0 bridgehead atoms. The van der Waals surface area contributed by atoms with Crippen LogP contribution in [0.3, 0.4) is 0 Å².